The summed E-state index contributed by atoms with van der Waals surface area (Å²) >= 11 is 0. The molecule has 0 aromatic heterocycles. The molecule has 0 saturated carbocycles. The van der Waals surface area contributed by atoms with E-state index in [1.54, 1.807) is 0 Å². The van der Waals surface area contributed by atoms with Crippen molar-refractivity contribution < 1.29 is 4.74 Å². The summed E-state index contributed by atoms with van der Waals surface area (Å²) in [5, 5.41) is 3.61. The Balaban J connectivity index is 1.87. The van der Waals surface area contributed by atoms with Gasteiger partial charge in [-0.3, -0.25) is 0 Å². The first-order chi connectivity index (χ1) is 9.28. The van der Waals surface area contributed by atoms with Crippen LogP contribution >= 0.6 is 0 Å². The van der Waals surface area contributed by atoms with Crippen molar-refractivity contribution >= 4 is 6.08 Å². The van der Waals surface area contributed by atoms with Crippen molar-refractivity contribution in [2.24, 2.45) is 0 Å². The lowest BCUT2D eigenvalue weighted by Crippen LogP contribution is -2.39. The van der Waals surface area contributed by atoms with Gasteiger partial charge in [0.25, 0.3) is 0 Å². The molecule has 1 aliphatic heterocycles. The lowest BCUT2D eigenvalue weighted by atomic mass is 9.99. The highest BCUT2D eigenvalue weighted by Gasteiger charge is 2.14. The van der Waals surface area contributed by atoms with E-state index in [2.05, 4.69) is 43.4 Å². The Kier molecular flexibility index (Phi) is 5.46. The van der Waals surface area contributed by atoms with Crippen LogP contribution in [0, 0.1) is 0 Å². The molecule has 2 nitrogen and oxygen atoms in total. The largest absolute Gasteiger partial charge is 0.494 e. The fourth-order valence-corrected chi connectivity index (χ4v) is 2.45. The molecule has 1 N–H and O–H groups in total. The van der Waals surface area contributed by atoms with E-state index >= 15 is 0 Å². The molecule has 1 heterocycles. The first-order valence-electron chi connectivity index (χ1n) is 7.45. The van der Waals surface area contributed by atoms with Gasteiger partial charge in [0.1, 0.15) is 5.75 Å². The minimum Gasteiger partial charge on any atom is -0.494 e. The number of hydrogen-bond acceptors (Lipinski definition) is 2. The molecule has 104 valence electrons. The Morgan fingerprint density at radius 2 is 2.05 bits per heavy atom. The fraction of sp³-hybridized carbons (Fsp3) is 0.529. The topological polar surface area (TPSA) is 21.3 Å². The zero-order valence-electron chi connectivity index (χ0n) is 12.1. The third-order valence-electron chi connectivity index (χ3n) is 3.52. The first-order valence-corrected chi connectivity index (χ1v) is 7.45. The van der Waals surface area contributed by atoms with Gasteiger partial charge >= 0.3 is 0 Å². The summed E-state index contributed by atoms with van der Waals surface area (Å²) in [6.07, 6.45) is 9.42. The quantitative estimate of drug-likeness (QED) is 0.862. The maximum Gasteiger partial charge on any atom is 0.119 e. The second kappa shape index (κ2) is 7.34. The Morgan fingerprint density at radius 1 is 1.26 bits per heavy atom. The maximum absolute atomic E-state index is 5.58. The lowest BCUT2D eigenvalue weighted by molar-refractivity contribution is 0.317. The van der Waals surface area contributed by atoms with Crippen molar-refractivity contribution in [1.29, 1.82) is 0 Å². The predicted molar refractivity (Wildman–Crippen MR) is 81.5 cm³/mol. The highest BCUT2D eigenvalue weighted by atomic mass is 16.5. The number of benzene rings is 1. The zero-order valence-corrected chi connectivity index (χ0v) is 12.1. The van der Waals surface area contributed by atoms with Crippen molar-refractivity contribution in [1.82, 2.24) is 5.32 Å². The van der Waals surface area contributed by atoms with Crippen LogP contribution in [-0.2, 0) is 0 Å². The second-order valence-corrected chi connectivity index (χ2v) is 5.38. The summed E-state index contributed by atoms with van der Waals surface area (Å²) in [7, 11) is 0. The average Bonchev–Trinajstić information content (AvgIpc) is 2.44. The van der Waals surface area contributed by atoms with Gasteiger partial charge in [-0.15, -0.1) is 0 Å². The Morgan fingerprint density at radius 3 is 2.74 bits per heavy atom. The van der Waals surface area contributed by atoms with Crippen LogP contribution in [-0.4, -0.2) is 18.7 Å². The average molecular weight is 259 g/mol. The molecule has 0 radical (unpaired) electrons. The van der Waals surface area contributed by atoms with Gasteiger partial charge in [-0.2, -0.15) is 0 Å². The third-order valence-corrected chi connectivity index (χ3v) is 3.52. The minimum absolute atomic E-state index is 0.528. The van der Waals surface area contributed by atoms with E-state index in [-0.39, 0.29) is 0 Å². The van der Waals surface area contributed by atoms with Crippen LogP contribution in [0.2, 0.25) is 0 Å². The van der Waals surface area contributed by atoms with Gasteiger partial charge in [0, 0.05) is 12.1 Å². The van der Waals surface area contributed by atoms with Crippen LogP contribution in [0.25, 0.3) is 6.08 Å². The molecule has 2 atom stereocenters. The van der Waals surface area contributed by atoms with Gasteiger partial charge in [0.05, 0.1) is 6.61 Å². The van der Waals surface area contributed by atoms with Crippen molar-refractivity contribution in [2.45, 2.75) is 51.6 Å². The molecule has 1 saturated heterocycles. The van der Waals surface area contributed by atoms with Crippen molar-refractivity contribution in [2.75, 3.05) is 6.61 Å². The van der Waals surface area contributed by atoms with Crippen molar-refractivity contribution in [3.05, 3.63) is 35.9 Å². The molecule has 0 amide bonds. The zero-order chi connectivity index (χ0) is 13.5. The smallest absolute Gasteiger partial charge is 0.119 e. The fourth-order valence-electron chi connectivity index (χ4n) is 2.45. The highest BCUT2D eigenvalue weighted by Crippen LogP contribution is 2.16. The molecule has 0 spiro atoms. The third kappa shape index (κ3) is 4.71. The van der Waals surface area contributed by atoms with Crippen LogP contribution in [0.4, 0.5) is 0 Å². The van der Waals surface area contributed by atoms with E-state index in [0.717, 1.165) is 18.8 Å². The molecule has 2 heteroatoms. The molecular weight excluding hydrogens is 234 g/mol. The normalized spacial score (nSPS) is 23.7. The van der Waals surface area contributed by atoms with Crippen LogP contribution in [0.3, 0.4) is 0 Å². The van der Waals surface area contributed by atoms with E-state index in [9.17, 15) is 0 Å². The standard InChI is InChI=1S/C17H25NO/c1-3-13-19-17-11-8-15(9-12-17)7-10-16-6-4-5-14(2)18-16/h7-12,14,16,18H,3-6,13H2,1-2H3/b10-7+. The molecule has 2 unspecified atom stereocenters. The first kappa shape index (κ1) is 14.1. The van der Waals surface area contributed by atoms with E-state index < -0.39 is 0 Å². The van der Waals surface area contributed by atoms with Crippen LogP contribution in [0.1, 0.15) is 45.1 Å². The molecule has 0 aliphatic carbocycles. The summed E-state index contributed by atoms with van der Waals surface area (Å²) < 4.78 is 5.58. The van der Waals surface area contributed by atoms with E-state index in [0.29, 0.717) is 12.1 Å². The highest BCUT2D eigenvalue weighted by molar-refractivity contribution is 5.51. The van der Waals surface area contributed by atoms with E-state index in [1.807, 2.05) is 12.1 Å². The second-order valence-electron chi connectivity index (χ2n) is 5.38. The summed E-state index contributed by atoms with van der Waals surface area (Å²) in [5.74, 6) is 0.961. The molecule has 0 bridgehead atoms. The van der Waals surface area contributed by atoms with Crippen LogP contribution in [0.15, 0.2) is 30.3 Å². The Bertz CT molecular complexity index is 396. The van der Waals surface area contributed by atoms with E-state index in [4.69, 9.17) is 4.74 Å². The SMILES string of the molecule is CCCOc1ccc(/C=C/C2CCCC(C)N2)cc1. The molecule has 1 aliphatic rings. The maximum atomic E-state index is 5.58. The van der Waals surface area contributed by atoms with Crippen LogP contribution < -0.4 is 10.1 Å². The minimum atomic E-state index is 0.528. The summed E-state index contributed by atoms with van der Waals surface area (Å²) in [5.41, 5.74) is 1.24. The number of rotatable bonds is 5. The number of nitrogens with one attached hydrogen (secondary N) is 1. The predicted octanol–water partition coefficient (Wildman–Crippen LogP) is 4.02. The number of piperidine rings is 1. The molecule has 2 rings (SSSR count). The molecule has 19 heavy (non-hydrogen) atoms. The van der Waals surface area contributed by atoms with Gasteiger partial charge in [0.15, 0.2) is 0 Å². The van der Waals surface area contributed by atoms with Gasteiger partial charge in [-0.1, -0.05) is 37.6 Å². The monoisotopic (exact) mass is 259 g/mol. The van der Waals surface area contributed by atoms with E-state index in [1.165, 1.54) is 24.8 Å². The van der Waals surface area contributed by atoms with Crippen molar-refractivity contribution in [3.8, 4) is 5.75 Å². The molecular formula is C17H25NO. The van der Waals surface area contributed by atoms with Gasteiger partial charge < -0.3 is 10.1 Å². The Labute approximate surface area is 116 Å². The summed E-state index contributed by atoms with van der Waals surface area (Å²) in [6.45, 7) is 5.17. The van der Waals surface area contributed by atoms with Crippen LogP contribution in [0.5, 0.6) is 5.75 Å². The lowest BCUT2D eigenvalue weighted by Gasteiger charge is -2.26. The summed E-state index contributed by atoms with van der Waals surface area (Å²) in [6, 6.07) is 9.51. The number of hydrogen-bond donors (Lipinski definition) is 1. The van der Waals surface area contributed by atoms with Gasteiger partial charge in [0.2, 0.25) is 0 Å². The molecule has 1 fully saturated rings. The van der Waals surface area contributed by atoms with Crippen molar-refractivity contribution in [3.63, 3.8) is 0 Å². The Hall–Kier alpha value is -1.28. The molecule has 1 aromatic carbocycles. The molecule has 1 aromatic rings. The number of ether oxygens (including phenoxy) is 1. The summed E-state index contributed by atoms with van der Waals surface area (Å²) in [4.78, 5) is 0. The van der Waals surface area contributed by atoms with Gasteiger partial charge in [-0.05, 0) is 43.9 Å². The van der Waals surface area contributed by atoms with Gasteiger partial charge in [-0.25, -0.2) is 0 Å².